The Bertz CT molecular complexity index is 946. The number of anilines is 1. The van der Waals surface area contributed by atoms with Crippen LogP contribution in [0.4, 0.5) is 5.69 Å². The minimum atomic E-state index is -0.878. The molecule has 8 nitrogen and oxygen atoms in total. The highest BCUT2D eigenvalue weighted by Crippen LogP contribution is 2.32. The van der Waals surface area contributed by atoms with Gasteiger partial charge in [-0.1, -0.05) is 18.2 Å². The summed E-state index contributed by atoms with van der Waals surface area (Å²) in [6, 6.07) is 11.1. The van der Waals surface area contributed by atoms with Crippen LogP contribution in [0, 0.1) is 0 Å². The van der Waals surface area contributed by atoms with Crippen LogP contribution in [0.25, 0.3) is 0 Å². The second-order valence-electron chi connectivity index (χ2n) is 7.16. The maximum Gasteiger partial charge on any atom is 0.309 e. The van der Waals surface area contributed by atoms with E-state index >= 15 is 0 Å². The smallest absolute Gasteiger partial charge is 0.309 e. The Balaban J connectivity index is 1.26. The number of nitrogens with zero attached hydrogens (tertiary/aromatic N) is 1. The van der Waals surface area contributed by atoms with E-state index in [1.807, 2.05) is 25.2 Å². The van der Waals surface area contributed by atoms with Crippen LogP contribution >= 0.6 is 0 Å². The Morgan fingerprint density at radius 1 is 1.10 bits per heavy atom. The zero-order chi connectivity index (χ0) is 20.4. The molecule has 2 aliphatic heterocycles. The van der Waals surface area contributed by atoms with Crippen molar-refractivity contribution in [1.29, 1.82) is 0 Å². The third-order valence-corrected chi connectivity index (χ3v) is 5.17. The molecule has 0 saturated carbocycles. The average Bonchev–Trinajstić information content (AvgIpc) is 3.35. The molecule has 0 spiro atoms. The van der Waals surface area contributed by atoms with E-state index in [2.05, 4.69) is 15.5 Å². The number of carbonyl (C=O) groups excluding carboxylic acids is 2. The summed E-state index contributed by atoms with van der Waals surface area (Å²) >= 11 is 0. The van der Waals surface area contributed by atoms with Crippen molar-refractivity contribution in [3.8, 4) is 11.5 Å². The van der Waals surface area contributed by atoms with E-state index in [9.17, 15) is 14.7 Å². The van der Waals surface area contributed by atoms with Crippen LogP contribution < -0.4 is 25.0 Å². The van der Waals surface area contributed by atoms with Gasteiger partial charge in [0.15, 0.2) is 11.5 Å². The van der Waals surface area contributed by atoms with Crippen LogP contribution in [0.3, 0.4) is 0 Å². The number of rotatable bonds is 5. The molecule has 4 rings (SSSR count). The first-order chi connectivity index (χ1) is 14.0. The molecule has 8 heteroatoms. The van der Waals surface area contributed by atoms with Gasteiger partial charge in [-0.05, 0) is 41.3 Å². The molecule has 29 heavy (non-hydrogen) atoms. The molecule has 2 aromatic carbocycles. The summed E-state index contributed by atoms with van der Waals surface area (Å²) in [6.45, 7) is 1.28. The van der Waals surface area contributed by atoms with Crippen LogP contribution in [-0.2, 0) is 22.6 Å². The number of fused-ring (bicyclic) bond motifs is 2. The minimum Gasteiger partial charge on any atom is -0.454 e. The lowest BCUT2D eigenvalue weighted by molar-refractivity contribution is -0.139. The Morgan fingerprint density at radius 2 is 1.90 bits per heavy atom. The quantitative estimate of drug-likeness (QED) is 0.648. The van der Waals surface area contributed by atoms with Crippen LogP contribution in [0.5, 0.6) is 11.5 Å². The molecule has 0 bridgehead atoms. The van der Waals surface area contributed by atoms with E-state index in [1.54, 1.807) is 18.2 Å². The molecule has 2 amide bonds. The Morgan fingerprint density at radius 3 is 2.76 bits per heavy atom. The highest BCUT2D eigenvalue weighted by atomic mass is 16.7. The normalized spacial score (nSPS) is 15.0. The summed E-state index contributed by atoms with van der Waals surface area (Å²) in [7, 11) is 2.03. The van der Waals surface area contributed by atoms with Crippen LogP contribution in [-0.4, -0.2) is 43.9 Å². The summed E-state index contributed by atoms with van der Waals surface area (Å²) in [5.74, 6) is -0.272. The van der Waals surface area contributed by atoms with E-state index in [4.69, 9.17) is 9.47 Å². The molecule has 0 saturated heterocycles. The minimum absolute atomic E-state index is 0.0368. The first kappa shape index (κ1) is 19.1. The number of hydrogen-bond donors (Lipinski definition) is 3. The van der Waals surface area contributed by atoms with Gasteiger partial charge in [-0.2, -0.15) is 0 Å². The van der Waals surface area contributed by atoms with Gasteiger partial charge in [-0.3, -0.25) is 9.59 Å². The first-order valence-electron chi connectivity index (χ1n) is 9.48. The van der Waals surface area contributed by atoms with Crippen molar-refractivity contribution in [1.82, 2.24) is 10.6 Å². The van der Waals surface area contributed by atoms with Gasteiger partial charge in [-0.15, -0.1) is 0 Å². The fraction of sp³-hybridized carbons (Fsp3) is 0.333. The van der Waals surface area contributed by atoms with Gasteiger partial charge >= 0.3 is 11.8 Å². The average molecular weight is 397 g/mol. The number of carbonyl (C=O) groups is 2. The van der Waals surface area contributed by atoms with Gasteiger partial charge < -0.3 is 30.1 Å². The molecule has 2 heterocycles. The monoisotopic (exact) mass is 397 g/mol. The number of ether oxygens (including phenoxy) is 2. The molecule has 3 N–H and O–H groups in total. The molecular weight excluding hydrogens is 374 g/mol. The Hall–Kier alpha value is -3.26. The van der Waals surface area contributed by atoms with Gasteiger partial charge in [0.2, 0.25) is 6.79 Å². The van der Waals surface area contributed by atoms with Gasteiger partial charge in [0.05, 0.1) is 6.10 Å². The number of aliphatic hydroxyl groups is 1. The molecule has 2 aliphatic rings. The fourth-order valence-electron chi connectivity index (χ4n) is 3.49. The van der Waals surface area contributed by atoms with Crippen LogP contribution in [0.2, 0.25) is 0 Å². The number of aliphatic hydroxyl groups excluding tert-OH is 1. The SMILES string of the molecule is CN1CCc2cc([C@H](O)CNC(=O)C(=O)NCc3ccc4c(c3)OCO4)ccc21. The molecular formula is C21H23N3O5. The molecule has 152 valence electrons. The van der Waals surface area contributed by atoms with Crippen molar-refractivity contribution in [3.63, 3.8) is 0 Å². The number of hydrogen-bond acceptors (Lipinski definition) is 6. The predicted molar refractivity (Wildman–Crippen MR) is 106 cm³/mol. The summed E-state index contributed by atoms with van der Waals surface area (Å²) < 4.78 is 10.5. The number of benzene rings is 2. The van der Waals surface area contributed by atoms with E-state index < -0.39 is 17.9 Å². The second-order valence-corrected chi connectivity index (χ2v) is 7.16. The van der Waals surface area contributed by atoms with Crippen molar-refractivity contribution in [2.75, 3.05) is 31.8 Å². The number of amides is 2. The lowest BCUT2D eigenvalue weighted by atomic mass is 10.0. The van der Waals surface area contributed by atoms with E-state index in [0.29, 0.717) is 11.5 Å². The topological polar surface area (TPSA) is 100 Å². The molecule has 0 aromatic heterocycles. The lowest BCUT2D eigenvalue weighted by Gasteiger charge is -2.15. The van der Waals surface area contributed by atoms with E-state index in [-0.39, 0.29) is 19.9 Å². The molecule has 0 unspecified atom stereocenters. The second kappa shape index (κ2) is 8.00. The summed E-state index contributed by atoms with van der Waals surface area (Å²) in [5, 5.41) is 15.4. The van der Waals surface area contributed by atoms with E-state index in [1.165, 1.54) is 5.56 Å². The molecule has 0 fully saturated rings. The fourth-order valence-corrected chi connectivity index (χ4v) is 3.49. The Kier molecular flexibility index (Phi) is 5.26. The van der Waals surface area contributed by atoms with E-state index in [0.717, 1.165) is 29.8 Å². The van der Waals surface area contributed by atoms with Crippen molar-refractivity contribution >= 4 is 17.5 Å². The van der Waals surface area contributed by atoms with Gasteiger partial charge in [0, 0.05) is 32.4 Å². The molecule has 0 radical (unpaired) electrons. The standard InChI is InChI=1S/C21H23N3O5/c1-24-7-6-14-9-15(3-4-16(14)24)17(25)11-23-21(27)20(26)22-10-13-2-5-18-19(8-13)29-12-28-18/h2-5,8-9,17,25H,6-7,10-12H2,1H3,(H,22,26)(H,23,27)/t17-/m1/s1. The van der Waals surface area contributed by atoms with Crippen molar-refractivity contribution in [2.45, 2.75) is 19.1 Å². The molecule has 0 aliphatic carbocycles. The highest BCUT2D eigenvalue weighted by molar-refractivity contribution is 6.35. The van der Waals surface area contributed by atoms with Crippen LogP contribution in [0.1, 0.15) is 22.8 Å². The van der Waals surface area contributed by atoms with Crippen molar-refractivity contribution < 1.29 is 24.2 Å². The maximum atomic E-state index is 12.0. The van der Waals surface area contributed by atoms with Crippen molar-refractivity contribution in [2.24, 2.45) is 0 Å². The maximum absolute atomic E-state index is 12.0. The predicted octanol–water partition coefficient (Wildman–Crippen LogP) is 0.874. The lowest BCUT2D eigenvalue weighted by Crippen LogP contribution is -2.41. The first-order valence-corrected chi connectivity index (χ1v) is 9.48. The summed E-state index contributed by atoms with van der Waals surface area (Å²) in [6.07, 6.45) is 0.0536. The number of nitrogens with one attached hydrogen (secondary N) is 2. The van der Waals surface area contributed by atoms with Gasteiger partial charge in [0.25, 0.3) is 0 Å². The zero-order valence-corrected chi connectivity index (χ0v) is 16.1. The van der Waals surface area contributed by atoms with Crippen molar-refractivity contribution in [3.05, 3.63) is 53.1 Å². The molecule has 2 aromatic rings. The number of likely N-dealkylation sites (N-methyl/N-ethyl adjacent to an activating group) is 1. The largest absolute Gasteiger partial charge is 0.454 e. The summed E-state index contributed by atoms with van der Waals surface area (Å²) in [5.41, 5.74) is 3.85. The molecule has 1 atom stereocenters. The van der Waals surface area contributed by atoms with Gasteiger partial charge in [-0.25, -0.2) is 0 Å². The van der Waals surface area contributed by atoms with Crippen LogP contribution in [0.15, 0.2) is 36.4 Å². The van der Waals surface area contributed by atoms with Gasteiger partial charge in [0.1, 0.15) is 0 Å². The third kappa shape index (κ3) is 4.12. The zero-order valence-electron chi connectivity index (χ0n) is 16.1. The summed E-state index contributed by atoms with van der Waals surface area (Å²) in [4.78, 5) is 26.2. The highest BCUT2D eigenvalue weighted by Gasteiger charge is 2.20. The Labute approximate surface area is 168 Å². The third-order valence-electron chi connectivity index (χ3n) is 5.17.